The first-order valence-corrected chi connectivity index (χ1v) is 18.1. The predicted octanol–water partition coefficient (Wildman–Crippen LogP) is 1.93. The number of ether oxygens (including phenoxy) is 2. The van der Waals surface area contributed by atoms with Crippen LogP contribution in [0.2, 0.25) is 0 Å². The number of rotatable bonds is 16. The molecule has 0 saturated carbocycles. The van der Waals surface area contributed by atoms with Crippen LogP contribution in [0, 0.1) is 0 Å². The fourth-order valence-corrected chi connectivity index (χ4v) is 7.22. The quantitative estimate of drug-likeness (QED) is 0.0454. The van der Waals surface area contributed by atoms with Crippen molar-refractivity contribution in [2.24, 2.45) is 0 Å². The van der Waals surface area contributed by atoms with Crippen molar-refractivity contribution in [1.29, 1.82) is 0 Å². The number of sulfonamides is 1. The molecule has 48 heavy (non-hydrogen) atoms. The number of aromatic hydroxyl groups is 4. The average molecular weight is 727 g/mol. The molecule has 0 aliphatic heterocycles. The number of hydrogen-bond acceptors (Lipinski definition) is 13. The zero-order valence-corrected chi connectivity index (χ0v) is 27.3. The first-order valence-electron chi connectivity index (χ1n) is 14.0. The van der Waals surface area contributed by atoms with Gasteiger partial charge in [0.05, 0.1) is 23.4 Å². The summed E-state index contributed by atoms with van der Waals surface area (Å²) in [5, 5.41) is 43.3. The molecule has 0 unspecified atom stereocenters. The SMILES string of the molecule is O=C(NCCCOc1cc2nc(S(=O)(=O)NCP(=O)(O)O)sc2cc1OCCCNC(=O)c1ccc(O)c(O)c1)c1ccc(O)c(O)c1. The summed E-state index contributed by atoms with van der Waals surface area (Å²) in [6.07, 6.45) is -0.473. The first kappa shape index (κ1) is 36.2. The number of hydrogen-bond donors (Lipinski definition) is 9. The summed E-state index contributed by atoms with van der Waals surface area (Å²) in [7, 11) is -9.03. The summed E-state index contributed by atoms with van der Waals surface area (Å²) < 4.78 is 49.9. The zero-order valence-electron chi connectivity index (χ0n) is 24.8. The van der Waals surface area contributed by atoms with Crippen molar-refractivity contribution in [2.75, 3.05) is 32.6 Å². The van der Waals surface area contributed by atoms with Crippen LogP contribution < -0.4 is 24.8 Å². The average Bonchev–Trinajstić information content (AvgIpc) is 3.46. The highest BCUT2D eigenvalue weighted by Gasteiger charge is 2.25. The van der Waals surface area contributed by atoms with E-state index in [1.54, 1.807) is 0 Å². The molecule has 4 rings (SSSR count). The Morgan fingerprint density at radius 3 is 1.75 bits per heavy atom. The number of carbonyl (C=O) groups excluding carboxylic acids is 2. The summed E-state index contributed by atoms with van der Waals surface area (Å²) in [6, 6.07) is 10.2. The van der Waals surface area contributed by atoms with Gasteiger partial charge in [-0.05, 0) is 49.2 Å². The number of benzene rings is 3. The smallest absolute Gasteiger partial charge is 0.340 e. The minimum absolute atomic E-state index is 0.0671. The van der Waals surface area contributed by atoms with Gasteiger partial charge in [0, 0.05) is 36.3 Å². The molecule has 1 aromatic heterocycles. The Hall–Kier alpha value is -4.65. The highest BCUT2D eigenvalue weighted by Crippen LogP contribution is 2.37. The van der Waals surface area contributed by atoms with Crippen LogP contribution in [-0.4, -0.2) is 88.0 Å². The van der Waals surface area contributed by atoms with Gasteiger partial charge in [0.25, 0.3) is 21.8 Å². The van der Waals surface area contributed by atoms with Crippen LogP contribution >= 0.6 is 18.9 Å². The second kappa shape index (κ2) is 15.5. The lowest BCUT2D eigenvalue weighted by Crippen LogP contribution is -2.25. The fourth-order valence-electron chi connectivity index (χ4n) is 3.93. The van der Waals surface area contributed by atoms with Gasteiger partial charge in [-0.1, -0.05) is 0 Å². The Morgan fingerprint density at radius 2 is 1.27 bits per heavy atom. The van der Waals surface area contributed by atoms with Gasteiger partial charge in [0.2, 0.25) is 4.34 Å². The van der Waals surface area contributed by atoms with Gasteiger partial charge < -0.3 is 50.3 Å². The molecule has 3 aromatic carbocycles. The van der Waals surface area contributed by atoms with E-state index in [1.807, 2.05) is 4.72 Å². The molecule has 0 saturated heterocycles. The van der Waals surface area contributed by atoms with E-state index in [2.05, 4.69) is 15.6 Å². The number of nitrogens with one attached hydrogen (secondary N) is 3. The van der Waals surface area contributed by atoms with Crippen molar-refractivity contribution in [3.05, 3.63) is 59.7 Å². The molecule has 258 valence electrons. The van der Waals surface area contributed by atoms with Gasteiger partial charge in [0.15, 0.2) is 34.5 Å². The second-order valence-electron chi connectivity index (χ2n) is 10.0. The largest absolute Gasteiger partial charge is 0.504 e. The fraction of sp³-hybridized carbons (Fsp3) is 0.250. The number of amides is 2. The van der Waals surface area contributed by atoms with Gasteiger partial charge in [-0.25, -0.2) is 13.4 Å². The number of nitrogens with zero attached hydrogens (tertiary/aromatic N) is 1. The van der Waals surface area contributed by atoms with Crippen LogP contribution in [0.3, 0.4) is 0 Å². The van der Waals surface area contributed by atoms with Crippen molar-refractivity contribution in [1.82, 2.24) is 20.3 Å². The van der Waals surface area contributed by atoms with Gasteiger partial charge in [-0.15, -0.1) is 11.3 Å². The highest BCUT2D eigenvalue weighted by molar-refractivity contribution is 7.91. The molecule has 0 bridgehead atoms. The van der Waals surface area contributed by atoms with E-state index in [9.17, 15) is 43.0 Å². The molecule has 4 aromatic rings. The molecule has 0 radical (unpaired) electrons. The molecule has 1 heterocycles. The number of thiazole rings is 1. The highest BCUT2D eigenvalue weighted by atomic mass is 32.2. The third kappa shape index (κ3) is 9.93. The van der Waals surface area contributed by atoms with E-state index < -0.39 is 51.6 Å². The number of phenolic OH excluding ortho intramolecular Hbond substituents is 4. The molecule has 9 N–H and O–H groups in total. The molecule has 2 amide bonds. The first-order chi connectivity index (χ1) is 22.6. The van der Waals surface area contributed by atoms with E-state index in [0.29, 0.717) is 17.5 Å². The van der Waals surface area contributed by atoms with E-state index in [-0.39, 0.29) is 65.9 Å². The number of aromatic nitrogens is 1. The second-order valence-corrected chi connectivity index (χ2v) is 14.7. The van der Waals surface area contributed by atoms with Crippen LogP contribution in [-0.2, 0) is 14.6 Å². The standard InChI is InChI=1S/C28H31N4O13PS2/c33-19-5-3-16(11-21(19)35)26(37)29-7-1-9-44-23-13-18-25(47-28(32-18)48(42,43)31-15-46(39,40)41)14-24(23)45-10-2-8-30-27(38)17-4-6-20(34)22(36)12-17/h3-6,11-14,31,33-36H,1-2,7-10,15H2,(H,29,37)(H,30,38)(H2,39,40,41). The van der Waals surface area contributed by atoms with Crippen LogP contribution in [0.4, 0.5) is 0 Å². The third-order valence-electron chi connectivity index (χ3n) is 6.33. The molecule has 0 spiro atoms. The number of carbonyl (C=O) groups is 2. The lowest BCUT2D eigenvalue weighted by atomic mass is 10.2. The Bertz CT molecular complexity index is 1850. The minimum atomic E-state index is -4.67. The molecule has 17 nitrogen and oxygen atoms in total. The Kier molecular flexibility index (Phi) is 11.7. The number of fused-ring (bicyclic) bond motifs is 1. The Balaban J connectivity index is 1.40. The Morgan fingerprint density at radius 1 is 0.771 bits per heavy atom. The monoisotopic (exact) mass is 726 g/mol. The van der Waals surface area contributed by atoms with Crippen LogP contribution in [0.1, 0.15) is 33.6 Å². The van der Waals surface area contributed by atoms with Crippen LogP contribution in [0.5, 0.6) is 34.5 Å². The topological polar surface area (TPSA) is 274 Å². The van der Waals surface area contributed by atoms with Crippen molar-refractivity contribution in [2.45, 2.75) is 17.2 Å². The van der Waals surface area contributed by atoms with Gasteiger partial charge in [-0.3, -0.25) is 14.2 Å². The lowest BCUT2D eigenvalue weighted by molar-refractivity contribution is 0.0942. The maximum absolute atomic E-state index is 12.6. The predicted molar refractivity (Wildman–Crippen MR) is 171 cm³/mol. The number of phenols is 4. The molecular weight excluding hydrogens is 695 g/mol. The van der Waals surface area contributed by atoms with Crippen molar-refractivity contribution >= 4 is 51.0 Å². The van der Waals surface area contributed by atoms with E-state index >= 15 is 0 Å². The lowest BCUT2D eigenvalue weighted by Gasteiger charge is -2.14. The van der Waals surface area contributed by atoms with Crippen molar-refractivity contribution < 1.29 is 62.3 Å². The maximum atomic E-state index is 12.6. The normalized spacial score (nSPS) is 11.7. The summed E-state index contributed by atoms with van der Waals surface area (Å²) >= 11 is 0.734. The van der Waals surface area contributed by atoms with Crippen molar-refractivity contribution in [3.8, 4) is 34.5 Å². The van der Waals surface area contributed by atoms with E-state index in [1.165, 1.54) is 36.4 Å². The minimum Gasteiger partial charge on any atom is -0.504 e. The van der Waals surface area contributed by atoms with Gasteiger partial charge >= 0.3 is 7.60 Å². The molecule has 0 aliphatic rings. The zero-order chi connectivity index (χ0) is 35.1. The molecule has 0 atom stereocenters. The maximum Gasteiger partial charge on any atom is 0.340 e. The third-order valence-corrected chi connectivity index (χ3v) is 9.91. The summed E-state index contributed by atoms with van der Waals surface area (Å²) in [5.74, 6) is -2.20. The Labute approximate surface area is 277 Å². The molecule has 0 fully saturated rings. The van der Waals surface area contributed by atoms with Crippen LogP contribution in [0.15, 0.2) is 52.9 Å². The summed E-state index contributed by atoms with van der Waals surface area (Å²) in [6.45, 7) is 0.483. The van der Waals surface area contributed by atoms with Gasteiger partial charge in [-0.2, -0.15) is 4.72 Å². The van der Waals surface area contributed by atoms with Crippen molar-refractivity contribution in [3.63, 3.8) is 0 Å². The van der Waals surface area contributed by atoms with E-state index in [4.69, 9.17) is 19.3 Å². The molecule has 0 aliphatic carbocycles. The molecular formula is C28H31N4O13PS2. The summed E-state index contributed by atoms with van der Waals surface area (Å²) in [4.78, 5) is 46.8. The van der Waals surface area contributed by atoms with E-state index in [0.717, 1.165) is 23.5 Å². The summed E-state index contributed by atoms with van der Waals surface area (Å²) in [5.41, 5.74) is 0.467. The van der Waals surface area contributed by atoms with Crippen LogP contribution in [0.25, 0.3) is 10.2 Å². The van der Waals surface area contributed by atoms with Gasteiger partial charge in [0.1, 0.15) is 6.29 Å². The molecule has 20 heteroatoms.